The van der Waals surface area contributed by atoms with Gasteiger partial charge in [0.1, 0.15) is 6.04 Å². The molecule has 2 aromatic carbocycles. The van der Waals surface area contributed by atoms with Gasteiger partial charge in [0.2, 0.25) is 5.89 Å². The summed E-state index contributed by atoms with van der Waals surface area (Å²) in [5.74, 6) is 1.30. The van der Waals surface area contributed by atoms with E-state index in [0.717, 1.165) is 16.7 Å². The van der Waals surface area contributed by atoms with Crippen molar-refractivity contribution in [1.29, 1.82) is 0 Å². The number of hydrogen-bond acceptors (Lipinski definition) is 8. The van der Waals surface area contributed by atoms with E-state index >= 15 is 0 Å². The highest BCUT2D eigenvalue weighted by molar-refractivity contribution is 5.96. The molecule has 0 saturated carbocycles. The molecule has 0 aliphatic heterocycles. The predicted octanol–water partition coefficient (Wildman–Crippen LogP) is 3.26. The fourth-order valence-corrected chi connectivity index (χ4v) is 3.48. The van der Waals surface area contributed by atoms with Crippen molar-refractivity contribution in [3.8, 4) is 16.8 Å². The second kappa shape index (κ2) is 10.3. The molecular formula is C24H27N7O3. The average molecular weight is 462 g/mol. The van der Waals surface area contributed by atoms with Crippen LogP contribution in [-0.4, -0.2) is 50.0 Å². The van der Waals surface area contributed by atoms with Crippen molar-refractivity contribution in [2.24, 2.45) is 0 Å². The number of aromatic nitrogens is 6. The zero-order valence-corrected chi connectivity index (χ0v) is 19.6. The van der Waals surface area contributed by atoms with Crippen molar-refractivity contribution in [3.63, 3.8) is 0 Å². The molecule has 0 aliphatic rings. The highest BCUT2D eigenvalue weighted by Crippen LogP contribution is 2.25. The van der Waals surface area contributed by atoms with Crippen molar-refractivity contribution in [3.05, 3.63) is 71.1 Å². The fraction of sp³-hybridized carbons (Fsp3) is 0.333. The van der Waals surface area contributed by atoms with Gasteiger partial charge in [-0.15, -0.1) is 5.10 Å². The van der Waals surface area contributed by atoms with Gasteiger partial charge in [0.05, 0.1) is 12.3 Å². The monoisotopic (exact) mass is 461 g/mol. The molecule has 1 unspecified atom stereocenters. The van der Waals surface area contributed by atoms with Crippen LogP contribution in [0.1, 0.15) is 53.4 Å². The normalized spacial score (nSPS) is 12.0. The summed E-state index contributed by atoms with van der Waals surface area (Å²) in [7, 11) is 1.61. The third kappa shape index (κ3) is 5.18. The lowest BCUT2D eigenvalue weighted by atomic mass is 10.0. The third-order valence-electron chi connectivity index (χ3n) is 5.39. The molecular weight excluding hydrogens is 434 g/mol. The Bertz CT molecular complexity index is 1260. The van der Waals surface area contributed by atoms with Crippen LogP contribution >= 0.6 is 0 Å². The second-order valence-corrected chi connectivity index (χ2v) is 7.98. The van der Waals surface area contributed by atoms with Gasteiger partial charge in [-0.3, -0.25) is 4.79 Å². The molecule has 4 aromatic rings. The number of hydrogen-bond donors (Lipinski definition) is 1. The first-order valence-corrected chi connectivity index (χ1v) is 11.1. The molecule has 1 amide bonds. The van der Waals surface area contributed by atoms with Crippen LogP contribution in [0, 0.1) is 6.92 Å². The maximum Gasteiger partial charge on any atom is 0.252 e. The lowest BCUT2D eigenvalue weighted by Gasteiger charge is -2.13. The highest BCUT2D eigenvalue weighted by Gasteiger charge is 2.19. The molecule has 2 heterocycles. The van der Waals surface area contributed by atoms with Crippen molar-refractivity contribution >= 4 is 5.91 Å². The number of aryl methyl sites for hydroxylation is 2. The molecule has 10 heteroatoms. The summed E-state index contributed by atoms with van der Waals surface area (Å²) >= 11 is 0. The molecule has 176 valence electrons. The van der Waals surface area contributed by atoms with Gasteiger partial charge in [0.25, 0.3) is 5.91 Å². The lowest BCUT2D eigenvalue weighted by molar-refractivity contribution is 0.0932. The van der Waals surface area contributed by atoms with E-state index in [4.69, 9.17) is 9.26 Å². The van der Waals surface area contributed by atoms with Crippen molar-refractivity contribution in [2.75, 3.05) is 13.7 Å². The standard InChI is InChI=1S/C24H27N7O3/c1-5-22-27-29-30-31(22)20-13-18(17-8-6-15(2)7-9-17)12-19(14-20)23(32)25-16(3)24-26-21(28-34-24)10-11-33-4/h6-9,12-14,16H,5,10-11H2,1-4H3,(H,25,32). The van der Waals surface area contributed by atoms with Crippen molar-refractivity contribution in [1.82, 2.24) is 35.7 Å². The topological polar surface area (TPSA) is 121 Å². The van der Waals surface area contributed by atoms with Crippen LogP contribution in [0.4, 0.5) is 0 Å². The zero-order chi connectivity index (χ0) is 24.1. The zero-order valence-electron chi connectivity index (χ0n) is 19.6. The third-order valence-corrected chi connectivity index (χ3v) is 5.39. The summed E-state index contributed by atoms with van der Waals surface area (Å²) in [6, 6.07) is 13.3. The van der Waals surface area contributed by atoms with Crippen molar-refractivity contribution in [2.45, 2.75) is 39.7 Å². The van der Waals surface area contributed by atoms with Gasteiger partial charge in [-0.2, -0.15) is 9.67 Å². The second-order valence-electron chi connectivity index (χ2n) is 7.98. The first kappa shape index (κ1) is 23.2. The van der Waals surface area contributed by atoms with Gasteiger partial charge in [-0.25, -0.2) is 0 Å². The molecule has 4 rings (SSSR count). The summed E-state index contributed by atoms with van der Waals surface area (Å²) in [6.45, 7) is 6.30. The Labute approximate surface area is 197 Å². The first-order chi connectivity index (χ1) is 16.5. The molecule has 0 aliphatic carbocycles. The number of carbonyl (C=O) groups is 1. The van der Waals surface area contributed by atoms with Crippen LogP contribution in [0.3, 0.4) is 0 Å². The Kier molecular flexibility index (Phi) is 7.07. The summed E-state index contributed by atoms with van der Waals surface area (Å²) < 4.78 is 12.0. The van der Waals surface area contributed by atoms with E-state index in [9.17, 15) is 4.79 Å². The van der Waals surface area contributed by atoms with Gasteiger partial charge in [0, 0.05) is 25.5 Å². The molecule has 0 radical (unpaired) electrons. The van der Waals surface area contributed by atoms with Crippen LogP contribution in [0.5, 0.6) is 0 Å². The van der Waals surface area contributed by atoms with Gasteiger partial charge in [-0.1, -0.05) is 41.9 Å². The first-order valence-electron chi connectivity index (χ1n) is 11.1. The largest absolute Gasteiger partial charge is 0.384 e. The highest BCUT2D eigenvalue weighted by atomic mass is 16.5. The summed E-state index contributed by atoms with van der Waals surface area (Å²) in [5, 5.41) is 18.9. The quantitative estimate of drug-likeness (QED) is 0.403. The summed E-state index contributed by atoms with van der Waals surface area (Å²) in [4.78, 5) is 17.6. The molecule has 0 saturated heterocycles. The Morgan fingerprint density at radius 2 is 1.97 bits per heavy atom. The fourth-order valence-electron chi connectivity index (χ4n) is 3.48. The van der Waals surface area contributed by atoms with Crippen LogP contribution in [-0.2, 0) is 17.6 Å². The van der Waals surface area contributed by atoms with Crippen LogP contribution in [0.2, 0.25) is 0 Å². The number of carbonyl (C=O) groups excluding carboxylic acids is 1. The number of rotatable bonds is 9. The molecule has 2 aromatic heterocycles. The Hall–Kier alpha value is -3.92. The van der Waals surface area contributed by atoms with E-state index in [0.29, 0.717) is 48.2 Å². The minimum atomic E-state index is -0.470. The molecule has 1 N–H and O–H groups in total. The van der Waals surface area contributed by atoms with E-state index in [2.05, 4.69) is 31.0 Å². The Morgan fingerprint density at radius 3 is 2.71 bits per heavy atom. The summed E-state index contributed by atoms with van der Waals surface area (Å²) in [5.41, 5.74) is 4.20. The molecule has 0 spiro atoms. The predicted molar refractivity (Wildman–Crippen MR) is 124 cm³/mol. The van der Waals surface area contributed by atoms with E-state index in [1.165, 1.54) is 0 Å². The van der Waals surface area contributed by atoms with Crippen molar-refractivity contribution < 1.29 is 14.1 Å². The van der Waals surface area contributed by atoms with Gasteiger partial charge in [-0.05, 0) is 53.6 Å². The van der Waals surface area contributed by atoms with Crippen LogP contribution in [0.25, 0.3) is 16.8 Å². The number of methoxy groups -OCH3 is 1. The molecule has 1 atom stereocenters. The maximum atomic E-state index is 13.2. The van der Waals surface area contributed by atoms with E-state index in [1.807, 2.05) is 50.2 Å². The minimum Gasteiger partial charge on any atom is -0.384 e. The smallest absolute Gasteiger partial charge is 0.252 e. The van der Waals surface area contributed by atoms with Gasteiger partial charge in [0.15, 0.2) is 11.6 Å². The number of tetrazole rings is 1. The van der Waals surface area contributed by atoms with E-state index in [-0.39, 0.29) is 5.91 Å². The van der Waals surface area contributed by atoms with E-state index in [1.54, 1.807) is 24.8 Å². The van der Waals surface area contributed by atoms with Crippen LogP contribution in [0.15, 0.2) is 47.0 Å². The molecule has 0 bridgehead atoms. The number of nitrogens with zero attached hydrogens (tertiary/aromatic N) is 6. The molecule has 34 heavy (non-hydrogen) atoms. The van der Waals surface area contributed by atoms with E-state index < -0.39 is 6.04 Å². The maximum absolute atomic E-state index is 13.2. The Morgan fingerprint density at radius 1 is 1.18 bits per heavy atom. The molecule has 0 fully saturated rings. The van der Waals surface area contributed by atoms with Gasteiger partial charge < -0.3 is 14.6 Å². The molecule has 10 nitrogen and oxygen atoms in total. The average Bonchev–Trinajstić information content (AvgIpc) is 3.52. The van der Waals surface area contributed by atoms with Gasteiger partial charge >= 0.3 is 0 Å². The number of nitrogens with one attached hydrogen (secondary N) is 1. The lowest BCUT2D eigenvalue weighted by Crippen LogP contribution is -2.27. The SMILES string of the molecule is CCc1nnnn1-c1cc(C(=O)NC(C)c2nc(CCOC)no2)cc(-c2ccc(C)cc2)c1. The van der Waals surface area contributed by atoms with Crippen LogP contribution < -0.4 is 5.32 Å². The number of amides is 1. The minimum absolute atomic E-state index is 0.273. The Balaban J connectivity index is 1.65. The number of ether oxygens (including phenoxy) is 1. The summed E-state index contributed by atoms with van der Waals surface area (Å²) in [6.07, 6.45) is 1.19. The number of benzene rings is 2.